The third-order valence-electron chi connectivity index (χ3n) is 3.37. The first-order valence-corrected chi connectivity index (χ1v) is 5.86. The molecule has 1 saturated carbocycles. The van der Waals surface area contributed by atoms with Crippen LogP contribution in [0.25, 0.3) is 0 Å². The van der Waals surface area contributed by atoms with Gasteiger partial charge in [0.1, 0.15) is 6.61 Å². The fourth-order valence-electron chi connectivity index (χ4n) is 2.72. The maximum absolute atomic E-state index is 11.8. The molecule has 0 aromatic rings. The molecule has 0 radical (unpaired) electrons. The normalized spacial score (nSPS) is 28.7. The van der Waals surface area contributed by atoms with Crippen LogP contribution in [0, 0.1) is 0 Å². The molecule has 1 saturated heterocycles. The van der Waals surface area contributed by atoms with Crippen molar-refractivity contribution >= 4 is 5.91 Å². The number of likely N-dealkylation sites (N-methyl/N-ethyl adjacent to an activating group) is 1. The first kappa shape index (κ1) is 10.9. The Morgan fingerprint density at radius 2 is 2.20 bits per heavy atom. The molecule has 1 unspecified atom stereocenters. The Morgan fingerprint density at radius 3 is 2.87 bits per heavy atom. The molecule has 86 valence electrons. The number of hydrogen-bond donors (Lipinski definition) is 1. The van der Waals surface area contributed by atoms with Gasteiger partial charge in [0.05, 0.1) is 12.6 Å². The van der Waals surface area contributed by atoms with Crippen LogP contribution < -0.4 is 5.32 Å². The molecular weight excluding hydrogens is 192 g/mol. The van der Waals surface area contributed by atoms with Gasteiger partial charge < -0.3 is 15.0 Å². The van der Waals surface area contributed by atoms with Crippen molar-refractivity contribution in [1.29, 1.82) is 0 Å². The van der Waals surface area contributed by atoms with Crippen molar-refractivity contribution in [2.45, 2.75) is 37.8 Å². The lowest BCUT2D eigenvalue weighted by Gasteiger charge is -2.39. The van der Waals surface area contributed by atoms with E-state index in [0.29, 0.717) is 12.6 Å². The first-order valence-electron chi connectivity index (χ1n) is 5.86. The monoisotopic (exact) mass is 212 g/mol. The van der Waals surface area contributed by atoms with Crippen LogP contribution in [0.4, 0.5) is 0 Å². The second-order valence-corrected chi connectivity index (χ2v) is 4.47. The molecule has 2 aliphatic rings. The van der Waals surface area contributed by atoms with Crippen LogP contribution in [0.1, 0.15) is 25.7 Å². The maximum atomic E-state index is 11.8. The van der Waals surface area contributed by atoms with E-state index in [9.17, 15) is 4.79 Å². The molecule has 15 heavy (non-hydrogen) atoms. The molecule has 1 amide bonds. The minimum Gasteiger partial charge on any atom is -0.369 e. The predicted molar refractivity (Wildman–Crippen MR) is 57.6 cm³/mol. The second-order valence-electron chi connectivity index (χ2n) is 4.47. The van der Waals surface area contributed by atoms with Gasteiger partial charge in [-0.25, -0.2) is 0 Å². The maximum Gasteiger partial charge on any atom is 0.249 e. The second kappa shape index (κ2) is 4.94. The largest absolute Gasteiger partial charge is 0.369 e. The Balaban J connectivity index is 2.03. The minimum atomic E-state index is 0.174. The van der Waals surface area contributed by atoms with Gasteiger partial charge in [0.15, 0.2) is 0 Å². The highest BCUT2D eigenvalue weighted by Crippen LogP contribution is 2.26. The van der Waals surface area contributed by atoms with Crippen molar-refractivity contribution in [3.05, 3.63) is 0 Å². The van der Waals surface area contributed by atoms with Crippen molar-refractivity contribution in [3.8, 4) is 0 Å². The number of morpholine rings is 1. The number of hydrogen-bond acceptors (Lipinski definition) is 3. The van der Waals surface area contributed by atoms with Crippen molar-refractivity contribution in [3.63, 3.8) is 0 Å². The van der Waals surface area contributed by atoms with E-state index in [4.69, 9.17) is 4.74 Å². The number of amides is 1. The number of ether oxygens (including phenoxy) is 1. The quantitative estimate of drug-likeness (QED) is 0.735. The Hall–Kier alpha value is -0.610. The number of carbonyl (C=O) groups excluding carboxylic acids is 1. The summed E-state index contributed by atoms with van der Waals surface area (Å²) < 4.78 is 5.31. The Morgan fingerprint density at radius 1 is 1.47 bits per heavy atom. The summed E-state index contributed by atoms with van der Waals surface area (Å²) in [7, 11) is 1.92. The Labute approximate surface area is 91.0 Å². The molecule has 0 aromatic carbocycles. The summed E-state index contributed by atoms with van der Waals surface area (Å²) in [5, 5.41) is 3.14. The van der Waals surface area contributed by atoms with E-state index in [0.717, 1.165) is 6.54 Å². The third-order valence-corrected chi connectivity index (χ3v) is 3.37. The summed E-state index contributed by atoms with van der Waals surface area (Å²) in [5.41, 5.74) is 0. The zero-order valence-electron chi connectivity index (χ0n) is 9.37. The number of nitrogens with one attached hydrogen (secondary N) is 1. The van der Waals surface area contributed by atoms with E-state index in [1.54, 1.807) is 0 Å². The third kappa shape index (κ3) is 2.32. The van der Waals surface area contributed by atoms with Crippen molar-refractivity contribution < 1.29 is 9.53 Å². The highest BCUT2D eigenvalue weighted by Gasteiger charge is 2.34. The fraction of sp³-hybridized carbons (Fsp3) is 0.909. The van der Waals surface area contributed by atoms with Crippen molar-refractivity contribution in [2.75, 3.05) is 26.8 Å². The van der Waals surface area contributed by atoms with E-state index < -0.39 is 0 Å². The fourth-order valence-corrected chi connectivity index (χ4v) is 2.72. The van der Waals surface area contributed by atoms with Crippen molar-refractivity contribution in [2.24, 2.45) is 0 Å². The minimum absolute atomic E-state index is 0.174. The average Bonchev–Trinajstić information content (AvgIpc) is 2.71. The molecule has 4 heteroatoms. The lowest BCUT2D eigenvalue weighted by Crippen LogP contribution is -2.56. The van der Waals surface area contributed by atoms with E-state index >= 15 is 0 Å². The molecule has 1 atom stereocenters. The van der Waals surface area contributed by atoms with Crippen LogP contribution in [0.5, 0.6) is 0 Å². The molecule has 1 aliphatic carbocycles. The van der Waals surface area contributed by atoms with E-state index in [2.05, 4.69) is 10.2 Å². The van der Waals surface area contributed by atoms with E-state index in [1.165, 1.54) is 25.7 Å². The van der Waals surface area contributed by atoms with Gasteiger partial charge in [-0.1, -0.05) is 12.8 Å². The van der Waals surface area contributed by atoms with Gasteiger partial charge in [-0.15, -0.1) is 0 Å². The molecular formula is C11H20N2O2. The highest BCUT2D eigenvalue weighted by molar-refractivity contribution is 5.78. The van der Waals surface area contributed by atoms with Gasteiger partial charge in [-0.05, 0) is 19.9 Å². The molecule has 0 bridgehead atoms. The Bertz CT molecular complexity index is 225. The van der Waals surface area contributed by atoms with Crippen LogP contribution in [0.15, 0.2) is 0 Å². The van der Waals surface area contributed by atoms with Gasteiger partial charge in [0, 0.05) is 12.6 Å². The van der Waals surface area contributed by atoms with Crippen LogP contribution >= 0.6 is 0 Å². The summed E-state index contributed by atoms with van der Waals surface area (Å²) >= 11 is 0. The van der Waals surface area contributed by atoms with Crippen LogP contribution in [-0.2, 0) is 9.53 Å². The zero-order valence-corrected chi connectivity index (χ0v) is 9.37. The average molecular weight is 212 g/mol. The SMILES string of the molecule is CNCC1COCC(=O)N1C1CCCC1. The summed E-state index contributed by atoms with van der Waals surface area (Å²) in [6.45, 7) is 1.79. The molecule has 1 heterocycles. The first-order chi connectivity index (χ1) is 7.33. The van der Waals surface area contributed by atoms with Crippen molar-refractivity contribution in [1.82, 2.24) is 10.2 Å². The van der Waals surface area contributed by atoms with Crippen LogP contribution in [0.2, 0.25) is 0 Å². The molecule has 2 rings (SSSR count). The number of rotatable bonds is 3. The van der Waals surface area contributed by atoms with Gasteiger partial charge in [0.2, 0.25) is 5.91 Å². The molecule has 2 fully saturated rings. The highest BCUT2D eigenvalue weighted by atomic mass is 16.5. The number of nitrogens with zero attached hydrogens (tertiary/aromatic N) is 1. The molecule has 0 spiro atoms. The summed E-state index contributed by atoms with van der Waals surface area (Å²) in [4.78, 5) is 13.9. The topological polar surface area (TPSA) is 41.6 Å². The molecule has 4 nitrogen and oxygen atoms in total. The van der Waals surface area contributed by atoms with Gasteiger partial charge in [-0.3, -0.25) is 4.79 Å². The van der Waals surface area contributed by atoms with Gasteiger partial charge in [0.25, 0.3) is 0 Å². The van der Waals surface area contributed by atoms with Crippen LogP contribution in [0.3, 0.4) is 0 Å². The van der Waals surface area contributed by atoms with Crippen LogP contribution in [-0.4, -0.2) is 49.7 Å². The smallest absolute Gasteiger partial charge is 0.249 e. The molecule has 1 aliphatic heterocycles. The number of carbonyl (C=O) groups is 1. The zero-order chi connectivity index (χ0) is 10.7. The summed E-state index contributed by atoms with van der Waals surface area (Å²) in [5.74, 6) is 0.174. The summed E-state index contributed by atoms with van der Waals surface area (Å²) in [6.07, 6.45) is 4.88. The lowest BCUT2D eigenvalue weighted by molar-refractivity contribution is -0.151. The Kier molecular flexibility index (Phi) is 3.59. The molecule has 0 aromatic heterocycles. The lowest BCUT2D eigenvalue weighted by atomic mass is 10.1. The predicted octanol–water partition coefficient (Wildman–Crippen LogP) is 0.376. The van der Waals surface area contributed by atoms with E-state index in [-0.39, 0.29) is 18.6 Å². The van der Waals surface area contributed by atoms with Gasteiger partial charge >= 0.3 is 0 Å². The van der Waals surface area contributed by atoms with Gasteiger partial charge in [-0.2, -0.15) is 0 Å². The standard InChI is InChI=1S/C11H20N2O2/c1-12-6-10-7-15-8-11(14)13(10)9-4-2-3-5-9/h9-10,12H,2-8H2,1H3. The summed E-state index contributed by atoms with van der Waals surface area (Å²) in [6, 6.07) is 0.707. The molecule has 1 N–H and O–H groups in total. The van der Waals surface area contributed by atoms with E-state index in [1.807, 2.05) is 7.05 Å².